The molecule has 8 nitrogen and oxygen atoms in total. The average Bonchev–Trinajstić information content (AvgIpc) is 3.24. The van der Waals surface area contributed by atoms with Gasteiger partial charge in [0.1, 0.15) is 23.7 Å². The van der Waals surface area contributed by atoms with Gasteiger partial charge in [-0.05, 0) is 75.2 Å². The Hall–Kier alpha value is -3.68. The summed E-state index contributed by atoms with van der Waals surface area (Å²) < 4.78 is 24.0. The van der Waals surface area contributed by atoms with Gasteiger partial charge in [0.25, 0.3) is 0 Å². The van der Waals surface area contributed by atoms with Gasteiger partial charge in [0.15, 0.2) is 0 Å². The van der Waals surface area contributed by atoms with Crippen molar-refractivity contribution in [2.75, 3.05) is 26.9 Å². The summed E-state index contributed by atoms with van der Waals surface area (Å²) in [4.78, 5) is 11.7. The highest BCUT2D eigenvalue weighted by Crippen LogP contribution is 2.29. The molecule has 0 radical (unpaired) electrons. The topological polar surface area (TPSA) is 83.8 Å². The second kappa shape index (κ2) is 11.6. The van der Waals surface area contributed by atoms with E-state index in [4.69, 9.17) is 18.9 Å². The number of methoxy groups -OCH3 is 1. The number of carbonyl (C=O) groups is 1. The molecule has 0 atom stereocenters. The van der Waals surface area contributed by atoms with Gasteiger partial charge in [-0.25, -0.2) is 9.48 Å². The van der Waals surface area contributed by atoms with E-state index in [9.17, 15) is 4.79 Å². The normalized spacial score (nSPS) is 11.3. The van der Waals surface area contributed by atoms with Crippen molar-refractivity contribution in [3.8, 4) is 34.3 Å². The Kier molecular flexibility index (Phi) is 8.63. The van der Waals surface area contributed by atoms with Crippen LogP contribution in [0.25, 0.3) is 16.9 Å². The zero-order valence-electron chi connectivity index (χ0n) is 21.3. The quantitative estimate of drug-likeness (QED) is 0.386. The fourth-order valence-corrected chi connectivity index (χ4v) is 3.17. The molecule has 1 N–H and O–H groups in total. The first kappa shape index (κ1) is 25.9. The van der Waals surface area contributed by atoms with E-state index in [-0.39, 0.29) is 0 Å². The number of hydrogen-bond acceptors (Lipinski definition) is 6. The third-order valence-corrected chi connectivity index (χ3v) is 4.76. The van der Waals surface area contributed by atoms with E-state index in [1.807, 2.05) is 80.1 Å². The van der Waals surface area contributed by atoms with E-state index >= 15 is 0 Å². The largest absolute Gasteiger partial charge is 0.497 e. The van der Waals surface area contributed by atoms with Gasteiger partial charge < -0.3 is 24.3 Å². The lowest BCUT2D eigenvalue weighted by Crippen LogP contribution is -2.34. The lowest BCUT2D eigenvalue weighted by Gasteiger charge is -2.19. The number of ether oxygens (including phenoxy) is 4. The zero-order valence-corrected chi connectivity index (χ0v) is 21.3. The Labute approximate surface area is 207 Å². The summed E-state index contributed by atoms with van der Waals surface area (Å²) in [6.07, 6.45) is -0.460. The fourth-order valence-electron chi connectivity index (χ4n) is 3.17. The molecular formula is C27H35N3O5. The first-order chi connectivity index (χ1) is 16.6. The van der Waals surface area contributed by atoms with E-state index in [1.165, 1.54) is 0 Å². The Morgan fingerprint density at radius 3 is 2.26 bits per heavy atom. The van der Waals surface area contributed by atoms with Gasteiger partial charge >= 0.3 is 6.09 Å². The Morgan fingerprint density at radius 1 is 1.00 bits per heavy atom. The first-order valence-electron chi connectivity index (χ1n) is 11.7. The molecule has 0 aliphatic carbocycles. The maximum absolute atomic E-state index is 11.7. The Bertz CT molecular complexity index is 1080. The lowest BCUT2D eigenvalue weighted by molar-refractivity contribution is 0.0520. The van der Waals surface area contributed by atoms with E-state index in [0.717, 1.165) is 22.7 Å². The number of hydrogen-bond donors (Lipinski definition) is 1. The van der Waals surface area contributed by atoms with Gasteiger partial charge in [-0.1, -0.05) is 13.8 Å². The van der Waals surface area contributed by atoms with Gasteiger partial charge in [-0.2, -0.15) is 0 Å². The Balaban J connectivity index is 1.70. The number of benzene rings is 2. The van der Waals surface area contributed by atoms with Crippen LogP contribution in [0.1, 0.15) is 34.6 Å². The summed E-state index contributed by atoms with van der Waals surface area (Å²) in [5.41, 5.74) is 2.23. The van der Waals surface area contributed by atoms with Gasteiger partial charge in [0, 0.05) is 11.6 Å². The second-order valence-corrected chi connectivity index (χ2v) is 9.48. The molecule has 1 heterocycles. The predicted molar refractivity (Wildman–Crippen MR) is 136 cm³/mol. The maximum atomic E-state index is 11.7. The summed E-state index contributed by atoms with van der Waals surface area (Å²) in [7, 11) is 1.64. The molecule has 35 heavy (non-hydrogen) atoms. The first-order valence-corrected chi connectivity index (χ1v) is 11.7. The van der Waals surface area contributed by atoms with Gasteiger partial charge in [-0.15, -0.1) is 5.10 Å². The maximum Gasteiger partial charge on any atom is 0.407 e. The molecule has 3 rings (SSSR count). The SMILES string of the molecule is COc1ccc(-n2nc(OCC(C)C)cc2-c2ccc(OCCNC(=O)OC(C)(C)C)cc2)cc1. The number of alkyl carbamates (subject to hydrolysis) is 1. The van der Waals surface area contributed by atoms with Crippen LogP contribution in [0.2, 0.25) is 0 Å². The number of nitrogens with one attached hydrogen (secondary N) is 1. The molecule has 0 saturated carbocycles. The summed E-state index contributed by atoms with van der Waals surface area (Å²) in [5.74, 6) is 2.44. The second-order valence-electron chi connectivity index (χ2n) is 9.48. The van der Waals surface area contributed by atoms with Gasteiger partial charge in [-0.3, -0.25) is 0 Å². The van der Waals surface area contributed by atoms with Crippen LogP contribution in [0.15, 0.2) is 54.6 Å². The van der Waals surface area contributed by atoms with Crippen LogP contribution in [-0.4, -0.2) is 48.3 Å². The van der Waals surface area contributed by atoms with Crippen LogP contribution in [0.5, 0.6) is 17.4 Å². The molecule has 0 saturated heterocycles. The smallest absolute Gasteiger partial charge is 0.407 e. The molecule has 3 aromatic rings. The van der Waals surface area contributed by atoms with Crippen molar-refractivity contribution in [2.45, 2.75) is 40.2 Å². The van der Waals surface area contributed by atoms with Crippen LogP contribution in [-0.2, 0) is 4.74 Å². The van der Waals surface area contributed by atoms with Crippen LogP contribution >= 0.6 is 0 Å². The van der Waals surface area contributed by atoms with E-state index in [0.29, 0.717) is 37.3 Å². The molecule has 1 amide bonds. The summed E-state index contributed by atoms with van der Waals surface area (Å²) in [6.45, 7) is 10.9. The Morgan fingerprint density at radius 2 is 1.66 bits per heavy atom. The highest BCUT2D eigenvalue weighted by atomic mass is 16.6. The minimum absolute atomic E-state index is 0.329. The highest BCUT2D eigenvalue weighted by molar-refractivity contribution is 5.67. The molecule has 0 spiro atoms. The van der Waals surface area contributed by atoms with Crippen molar-refractivity contribution in [3.05, 3.63) is 54.6 Å². The molecule has 0 unspecified atom stereocenters. The van der Waals surface area contributed by atoms with Gasteiger partial charge in [0.2, 0.25) is 5.88 Å². The summed E-state index contributed by atoms with van der Waals surface area (Å²) in [6, 6.07) is 17.4. The minimum Gasteiger partial charge on any atom is -0.497 e. The lowest BCUT2D eigenvalue weighted by atomic mass is 10.1. The standard InChI is InChI=1S/C27H35N3O5/c1-19(2)18-34-25-17-24(30(29-25)21-9-13-22(32-6)14-10-21)20-7-11-23(12-8-20)33-16-15-28-26(31)35-27(3,4)5/h7-14,17,19H,15-16,18H2,1-6H3,(H,28,31). The molecule has 188 valence electrons. The molecule has 0 fully saturated rings. The van der Waals surface area contributed by atoms with Crippen molar-refractivity contribution in [1.82, 2.24) is 15.1 Å². The zero-order chi connectivity index (χ0) is 25.4. The van der Waals surface area contributed by atoms with Crippen molar-refractivity contribution in [1.29, 1.82) is 0 Å². The number of amides is 1. The van der Waals surface area contributed by atoms with Crippen LogP contribution in [0, 0.1) is 5.92 Å². The third kappa shape index (κ3) is 7.95. The predicted octanol–water partition coefficient (Wildman–Crippen LogP) is 5.49. The van der Waals surface area contributed by atoms with Crippen molar-refractivity contribution >= 4 is 6.09 Å². The number of rotatable bonds is 10. The third-order valence-electron chi connectivity index (χ3n) is 4.76. The van der Waals surface area contributed by atoms with Crippen molar-refractivity contribution in [2.24, 2.45) is 5.92 Å². The van der Waals surface area contributed by atoms with Crippen molar-refractivity contribution in [3.63, 3.8) is 0 Å². The molecule has 0 aliphatic rings. The van der Waals surface area contributed by atoms with Crippen molar-refractivity contribution < 1.29 is 23.7 Å². The van der Waals surface area contributed by atoms with Crippen LogP contribution < -0.4 is 19.5 Å². The monoisotopic (exact) mass is 481 g/mol. The fraction of sp³-hybridized carbons (Fsp3) is 0.407. The molecular weight excluding hydrogens is 446 g/mol. The van der Waals surface area contributed by atoms with Crippen LogP contribution in [0.3, 0.4) is 0 Å². The number of aromatic nitrogens is 2. The van der Waals surface area contributed by atoms with Crippen LogP contribution in [0.4, 0.5) is 4.79 Å². The molecule has 8 heteroatoms. The molecule has 0 bridgehead atoms. The molecule has 0 aliphatic heterocycles. The molecule has 1 aromatic heterocycles. The summed E-state index contributed by atoms with van der Waals surface area (Å²) in [5, 5.41) is 7.36. The minimum atomic E-state index is -0.529. The summed E-state index contributed by atoms with van der Waals surface area (Å²) >= 11 is 0. The number of carbonyl (C=O) groups excluding carboxylic acids is 1. The van der Waals surface area contributed by atoms with E-state index in [1.54, 1.807) is 7.11 Å². The molecule has 2 aromatic carbocycles. The van der Waals surface area contributed by atoms with E-state index < -0.39 is 11.7 Å². The average molecular weight is 482 g/mol. The highest BCUT2D eigenvalue weighted by Gasteiger charge is 2.16. The van der Waals surface area contributed by atoms with Gasteiger partial charge in [0.05, 0.1) is 31.6 Å². The van der Waals surface area contributed by atoms with E-state index in [2.05, 4.69) is 24.3 Å². The number of nitrogens with zero attached hydrogens (tertiary/aromatic N) is 2.